The quantitative estimate of drug-likeness (QED) is 0.445. The predicted molar refractivity (Wildman–Crippen MR) is 33.3 cm³/mol. The van der Waals surface area contributed by atoms with E-state index in [1.165, 1.54) is 19.5 Å². The van der Waals surface area contributed by atoms with Gasteiger partial charge in [-0.15, -0.1) is 0 Å². The molecule has 0 radical (unpaired) electrons. The molecule has 0 aromatic carbocycles. The Morgan fingerprint density at radius 2 is 1.38 bits per heavy atom. The molecule has 8 heavy (non-hydrogen) atoms. The van der Waals surface area contributed by atoms with Crippen LogP contribution in [0.5, 0.6) is 0 Å². The van der Waals surface area contributed by atoms with Crippen LogP contribution in [-0.2, 0) is 4.74 Å². The number of rotatable bonds is 0. The molecule has 0 spiro atoms. The van der Waals surface area contributed by atoms with E-state index in [0.717, 1.165) is 13.2 Å². The largest absolute Gasteiger partial charge is 0.381 e. The molecule has 2 aliphatic rings. The van der Waals surface area contributed by atoms with Gasteiger partial charge in [0.2, 0.25) is 0 Å². The molecule has 0 bridgehead atoms. The molecule has 0 unspecified atom stereocenters. The molecule has 0 aliphatic carbocycles. The van der Waals surface area contributed by atoms with Crippen LogP contribution in [0, 0.1) is 0 Å². The van der Waals surface area contributed by atoms with Crippen LogP contribution in [0.25, 0.3) is 0 Å². The second-order valence-corrected chi connectivity index (χ2v) is 1.72. The first-order chi connectivity index (χ1) is 3.50. The first-order valence-corrected chi connectivity index (χ1v) is 2.78. The molecule has 2 rings (SSSR count). The van der Waals surface area contributed by atoms with Crippen molar-refractivity contribution in [2.75, 3.05) is 26.3 Å². The van der Waals surface area contributed by atoms with Crippen molar-refractivity contribution in [1.82, 2.24) is 11.5 Å². The summed E-state index contributed by atoms with van der Waals surface area (Å²) in [6, 6.07) is 0. The van der Waals surface area contributed by atoms with Gasteiger partial charge >= 0.3 is 0 Å². The zero-order valence-corrected chi connectivity index (χ0v) is 5.15. The average Bonchev–Trinajstić information content (AvgIpc) is 1.95. The molecule has 0 amide bonds. The van der Waals surface area contributed by atoms with Crippen LogP contribution in [0.3, 0.4) is 0 Å². The maximum Gasteiger partial charge on any atom is 0.0488 e. The van der Waals surface area contributed by atoms with Crippen LogP contribution in [0.1, 0.15) is 6.42 Å². The molecule has 50 valence electrons. The lowest BCUT2D eigenvalue weighted by molar-refractivity contribution is 0.0367. The Bertz CT molecular complexity index is 36.9. The molecule has 0 aromatic heterocycles. The van der Waals surface area contributed by atoms with E-state index in [0.29, 0.717) is 0 Å². The Hall–Kier alpha value is -0.120. The van der Waals surface area contributed by atoms with E-state index in [4.69, 9.17) is 4.74 Å². The Labute approximate surface area is 50.0 Å². The third-order valence-corrected chi connectivity index (χ3v) is 0.827. The molecular formula is C5H14N2O. The first-order valence-electron chi connectivity index (χ1n) is 2.78. The van der Waals surface area contributed by atoms with E-state index in [2.05, 4.69) is 5.32 Å². The smallest absolute Gasteiger partial charge is 0.0488 e. The summed E-state index contributed by atoms with van der Waals surface area (Å²) in [6.45, 7) is 4.50. The Morgan fingerprint density at radius 1 is 1.12 bits per heavy atom. The summed E-state index contributed by atoms with van der Waals surface area (Å²) < 4.78 is 4.72. The maximum absolute atomic E-state index is 4.72. The molecule has 2 saturated heterocycles. The van der Waals surface area contributed by atoms with Crippen molar-refractivity contribution < 1.29 is 4.74 Å². The van der Waals surface area contributed by atoms with Crippen LogP contribution in [0.2, 0.25) is 0 Å². The second kappa shape index (κ2) is 5.03. The monoisotopic (exact) mass is 118 g/mol. The van der Waals surface area contributed by atoms with Crippen molar-refractivity contribution in [1.29, 1.82) is 0 Å². The van der Waals surface area contributed by atoms with Gasteiger partial charge in [0, 0.05) is 26.3 Å². The zero-order chi connectivity index (χ0) is 4.95. The first kappa shape index (κ1) is 7.88. The molecule has 2 heterocycles. The fraction of sp³-hybridized carbons (Fsp3) is 1.00. The fourth-order valence-electron chi connectivity index (χ4n) is 0.144. The van der Waals surface area contributed by atoms with Crippen LogP contribution >= 0.6 is 0 Å². The summed E-state index contributed by atoms with van der Waals surface area (Å²) in [5.41, 5.74) is 0. The van der Waals surface area contributed by atoms with E-state index < -0.39 is 0 Å². The number of ether oxygens (including phenoxy) is 1. The van der Waals surface area contributed by atoms with Gasteiger partial charge in [0.1, 0.15) is 0 Å². The molecule has 2 fully saturated rings. The predicted octanol–water partition coefficient (Wildman–Crippen LogP) is 0.158. The summed E-state index contributed by atoms with van der Waals surface area (Å²) in [7, 11) is 0. The minimum atomic E-state index is 0. The molecule has 3 heteroatoms. The molecule has 2 aliphatic heterocycles. The standard InChI is InChI=1S/C3H6O.C2H5N.H3N/c1-2-4-3-1;1-2-3-1;/h1-3H2;3H,1-2H2;1H3. The van der Waals surface area contributed by atoms with Crippen molar-refractivity contribution in [2.45, 2.75) is 6.42 Å². The Morgan fingerprint density at radius 3 is 1.38 bits per heavy atom. The van der Waals surface area contributed by atoms with Crippen molar-refractivity contribution in [3.63, 3.8) is 0 Å². The molecule has 3 nitrogen and oxygen atoms in total. The van der Waals surface area contributed by atoms with Crippen LogP contribution in [0.15, 0.2) is 0 Å². The number of nitrogens with one attached hydrogen (secondary N) is 1. The summed E-state index contributed by atoms with van der Waals surface area (Å²) in [5.74, 6) is 0. The van der Waals surface area contributed by atoms with Gasteiger partial charge in [-0.05, 0) is 6.42 Å². The second-order valence-electron chi connectivity index (χ2n) is 1.72. The van der Waals surface area contributed by atoms with Gasteiger partial charge in [-0.2, -0.15) is 0 Å². The van der Waals surface area contributed by atoms with Gasteiger partial charge in [-0.25, -0.2) is 0 Å². The van der Waals surface area contributed by atoms with E-state index in [1.54, 1.807) is 0 Å². The van der Waals surface area contributed by atoms with E-state index >= 15 is 0 Å². The molecule has 0 saturated carbocycles. The highest BCUT2D eigenvalue weighted by molar-refractivity contribution is 4.58. The highest BCUT2D eigenvalue weighted by Gasteiger charge is 1.94. The van der Waals surface area contributed by atoms with Crippen LogP contribution in [0.4, 0.5) is 0 Å². The Balaban J connectivity index is 0.000000112. The highest BCUT2D eigenvalue weighted by atomic mass is 16.5. The highest BCUT2D eigenvalue weighted by Crippen LogP contribution is 1.93. The van der Waals surface area contributed by atoms with Crippen molar-refractivity contribution in [2.24, 2.45) is 0 Å². The van der Waals surface area contributed by atoms with Gasteiger partial charge < -0.3 is 16.2 Å². The number of hydrogen-bond donors (Lipinski definition) is 2. The summed E-state index contributed by atoms with van der Waals surface area (Å²) in [6.07, 6.45) is 1.28. The third-order valence-electron chi connectivity index (χ3n) is 0.827. The lowest BCUT2D eigenvalue weighted by Gasteiger charge is -2.09. The maximum atomic E-state index is 4.72. The van der Waals surface area contributed by atoms with Crippen molar-refractivity contribution in [3.05, 3.63) is 0 Å². The van der Waals surface area contributed by atoms with E-state index in [-0.39, 0.29) is 6.15 Å². The molecule has 0 atom stereocenters. The third kappa shape index (κ3) is 5.88. The summed E-state index contributed by atoms with van der Waals surface area (Å²) in [5, 5.41) is 3.00. The van der Waals surface area contributed by atoms with Gasteiger partial charge in [0.25, 0.3) is 0 Å². The average molecular weight is 118 g/mol. The summed E-state index contributed by atoms with van der Waals surface area (Å²) in [4.78, 5) is 0. The van der Waals surface area contributed by atoms with Gasteiger partial charge in [-0.1, -0.05) is 0 Å². The molecule has 4 N–H and O–H groups in total. The summed E-state index contributed by atoms with van der Waals surface area (Å²) >= 11 is 0. The van der Waals surface area contributed by atoms with Gasteiger partial charge in [0.15, 0.2) is 0 Å². The lowest BCUT2D eigenvalue weighted by atomic mass is 10.4. The van der Waals surface area contributed by atoms with Crippen molar-refractivity contribution in [3.8, 4) is 0 Å². The number of hydrogen-bond acceptors (Lipinski definition) is 3. The minimum Gasteiger partial charge on any atom is -0.381 e. The van der Waals surface area contributed by atoms with Crippen molar-refractivity contribution >= 4 is 0 Å². The van der Waals surface area contributed by atoms with Gasteiger partial charge in [-0.3, -0.25) is 0 Å². The minimum absolute atomic E-state index is 0. The van der Waals surface area contributed by atoms with E-state index in [9.17, 15) is 0 Å². The SMILES string of the molecule is C1CN1.C1COC1.N. The topological polar surface area (TPSA) is 66.2 Å². The van der Waals surface area contributed by atoms with Crippen LogP contribution in [-0.4, -0.2) is 26.3 Å². The zero-order valence-electron chi connectivity index (χ0n) is 5.15. The fourth-order valence-corrected chi connectivity index (χ4v) is 0.144. The van der Waals surface area contributed by atoms with Gasteiger partial charge in [0.05, 0.1) is 0 Å². The normalized spacial score (nSPS) is 21.0. The lowest BCUT2D eigenvalue weighted by Crippen LogP contribution is -2.09. The van der Waals surface area contributed by atoms with E-state index in [1.807, 2.05) is 0 Å². The molecule has 0 aromatic rings. The Kier molecular flexibility index (Phi) is 4.95. The molecular weight excluding hydrogens is 104 g/mol. The van der Waals surface area contributed by atoms with Crippen LogP contribution < -0.4 is 11.5 Å².